The van der Waals surface area contributed by atoms with Crippen molar-refractivity contribution in [1.29, 1.82) is 0 Å². The standard InChI is InChI=1S/C19H17F6N7O/c1-31-12(9-14(29-31)19(23,24)25)17(33)27-11-4-2-3-7-32-16(11)28-15(30-32)10-5-6-26-13(8-10)18(20,21)22/h5-6,8-9,11H,2-4,7H2,1H3,(H,27,33). The van der Waals surface area contributed by atoms with Crippen molar-refractivity contribution in [3.05, 3.63) is 47.3 Å². The minimum absolute atomic E-state index is 0.0268. The Labute approximate surface area is 182 Å². The van der Waals surface area contributed by atoms with E-state index >= 15 is 0 Å². The van der Waals surface area contributed by atoms with Crippen molar-refractivity contribution in [1.82, 2.24) is 34.8 Å². The number of carbonyl (C=O) groups is 1. The molecule has 3 aromatic heterocycles. The van der Waals surface area contributed by atoms with Crippen molar-refractivity contribution in [3.63, 3.8) is 0 Å². The fourth-order valence-electron chi connectivity index (χ4n) is 3.55. The summed E-state index contributed by atoms with van der Waals surface area (Å²) in [7, 11) is 1.22. The van der Waals surface area contributed by atoms with E-state index in [4.69, 9.17) is 0 Å². The molecule has 1 aliphatic heterocycles. The molecule has 4 rings (SSSR count). The van der Waals surface area contributed by atoms with Crippen LogP contribution in [0.15, 0.2) is 24.4 Å². The van der Waals surface area contributed by atoms with Gasteiger partial charge in [-0.3, -0.25) is 14.5 Å². The third-order valence-corrected chi connectivity index (χ3v) is 5.14. The van der Waals surface area contributed by atoms with Gasteiger partial charge < -0.3 is 5.32 Å². The maximum atomic E-state index is 13.0. The topological polar surface area (TPSA) is 90.5 Å². The predicted molar refractivity (Wildman–Crippen MR) is 101 cm³/mol. The Morgan fingerprint density at radius 2 is 1.79 bits per heavy atom. The van der Waals surface area contributed by atoms with Gasteiger partial charge in [0.25, 0.3) is 5.91 Å². The molecule has 0 aliphatic carbocycles. The molecule has 0 aromatic carbocycles. The molecule has 8 nitrogen and oxygen atoms in total. The summed E-state index contributed by atoms with van der Waals surface area (Å²) in [6.07, 6.45) is -6.55. The van der Waals surface area contributed by atoms with Gasteiger partial charge in [-0.05, 0) is 31.4 Å². The van der Waals surface area contributed by atoms with Crippen LogP contribution in [-0.4, -0.2) is 35.4 Å². The summed E-state index contributed by atoms with van der Waals surface area (Å²) in [6, 6.07) is 2.12. The highest BCUT2D eigenvalue weighted by molar-refractivity contribution is 5.93. The summed E-state index contributed by atoms with van der Waals surface area (Å²) in [5, 5.41) is 10.3. The fourth-order valence-corrected chi connectivity index (χ4v) is 3.55. The number of aryl methyl sites for hydroxylation is 2. The molecule has 0 radical (unpaired) electrons. The summed E-state index contributed by atoms with van der Waals surface area (Å²) in [5.74, 6) is -0.454. The van der Waals surface area contributed by atoms with Gasteiger partial charge in [-0.2, -0.15) is 36.5 Å². The van der Waals surface area contributed by atoms with Crippen molar-refractivity contribution < 1.29 is 31.1 Å². The average molecular weight is 473 g/mol. The molecule has 3 aromatic rings. The normalized spacial score (nSPS) is 16.9. The second kappa shape index (κ2) is 8.15. The molecule has 4 heterocycles. The molecule has 1 aliphatic rings. The van der Waals surface area contributed by atoms with Gasteiger partial charge in [0.15, 0.2) is 11.5 Å². The first-order chi connectivity index (χ1) is 15.4. The van der Waals surface area contributed by atoms with Gasteiger partial charge in [0.05, 0.1) is 6.04 Å². The van der Waals surface area contributed by atoms with Crippen LogP contribution in [-0.2, 0) is 25.9 Å². The summed E-state index contributed by atoms with van der Waals surface area (Å²) >= 11 is 0. The van der Waals surface area contributed by atoms with Gasteiger partial charge in [0.1, 0.15) is 17.2 Å². The first-order valence-corrected chi connectivity index (χ1v) is 9.84. The molecular weight excluding hydrogens is 456 g/mol. The number of amides is 1. The zero-order chi connectivity index (χ0) is 24.0. The van der Waals surface area contributed by atoms with Crippen LogP contribution in [0.5, 0.6) is 0 Å². The molecule has 33 heavy (non-hydrogen) atoms. The van der Waals surface area contributed by atoms with Gasteiger partial charge in [-0.1, -0.05) is 0 Å². The Bertz CT molecular complexity index is 1180. The smallest absolute Gasteiger partial charge is 0.341 e. The van der Waals surface area contributed by atoms with Gasteiger partial charge >= 0.3 is 12.4 Å². The Morgan fingerprint density at radius 3 is 2.45 bits per heavy atom. The number of alkyl halides is 6. The summed E-state index contributed by atoms with van der Waals surface area (Å²) in [5.41, 5.74) is -2.47. The van der Waals surface area contributed by atoms with E-state index < -0.39 is 35.7 Å². The van der Waals surface area contributed by atoms with E-state index in [2.05, 4.69) is 25.5 Å². The second-order valence-electron chi connectivity index (χ2n) is 7.50. The van der Waals surface area contributed by atoms with Crippen molar-refractivity contribution >= 4 is 5.91 Å². The number of hydrogen-bond donors (Lipinski definition) is 1. The average Bonchev–Trinajstić information content (AvgIpc) is 3.29. The van der Waals surface area contributed by atoms with Crippen LogP contribution in [0.25, 0.3) is 11.4 Å². The Morgan fingerprint density at radius 1 is 1.06 bits per heavy atom. The number of nitrogens with zero attached hydrogens (tertiary/aromatic N) is 6. The third kappa shape index (κ3) is 4.68. The van der Waals surface area contributed by atoms with Gasteiger partial charge in [0.2, 0.25) is 0 Å². The van der Waals surface area contributed by atoms with Crippen molar-refractivity contribution in [2.24, 2.45) is 7.05 Å². The summed E-state index contributed by atoms with van der Waals surface area (Å²) < 4.78 is 80.1. The Balaban J connectivity index is 1.62. The highest BCUT2D eigenvalue weighted by Crippen LogP contribution is 2.32. The van der Waals surface area contributed by atoms with Crippen LogP contribution in [0.2, 0.25) is 0 Å². The van der Waals surface area contributed by atoms with Crippen LogP contribution in [0, 0.1) is 0 Å². The number of fused-ring (bicyclic) bond motifs is 1. The quantitative estimate of drug-likeness (QED) is 0.585. The molecule has 1 N–H and O–H groups in total. The molecule has 0 fully saturated rings. The minimum atomic E-state index is -4.70. The van der Waals surface area contributed by atoms with Crippen molar-refractivity contribution in [2.45, 2.75) is 44.2 Å². The lowest BCUT2D eigenvalue weighted by molar-refractivity contribution is -0.142. The Hall–Kier alpha value is -3.45. The second-order valence-corrected chi connectivity index (χ2v) is 7.50. The number of pyridine rings is 1. The monoisotopic (exact) mass is 473 g/mol. The molecule has 14 heteroatoms. The van der Waals surface area contributed by atoms with Crippen molar-refractivity contribution in [3.8, 4) is 11.4 Å². The molecule has 176 valence electrons. The van der Waals surface area contributed by atoms with Crippen LogP contribution < -0.4 is 5.32 Å². The van der Waals surface area contributed by atoms with Gasteiger partial charge in [-0.25, -0.2) is 9.67 Å². The number of rotatable bonds is 3. The molecule has 1 amide bonds. The van der Waals surface area contributed by atoms with Gasteiger partial charge in [-0.15, -0.1) is 0 Å². The van der Waals surface area contributed by atoms with Gasteiger partial charge in [0, 0.05) is 31.4 Å². The molecule has 0 spiro atoms. The van der Waals surface area contributed by atoms with Crippen LogP contribution in [0.1, 0.15) is 53.0 Å². The van der Waals surface area contributed by atoms with Crippen molar-refractivity contribution in [2.75, 3.05) is 0 Å². The third-order valence-electron chi connectivity index (χ3n) is 5.14. The van der Waals surface area contributed by atoms with Crippen LogP contribution in [0.3, 0.4) is 0 Å². The molecule has 0 saturated heterocycles. The summed E-state index contributed by atoms with van der Waals surface area (Å²) in [4.78, 5) is 20.4. The fraction of sp³-hybridized carbons (Fsp3) is 0.421. The SMILES string of the molecule is Cn1nc(C(F)(F)F)cc1C(=O)NC1CCCCn2nc(-c3ccnc(C(F)(F)F)c3)nc21. The number of carbonyl (C=O) groups excluding carboxylic acids is 1. The van der Waals surface area contributed by atoms with E-state index in [1.54, 1.807) is 0 Å². The zero-order valence-corrected chi connectivity index (χ0v) is 17.1. The molecule has 0 bridgehead atoms. The maximum absolute atomic E-state index is 13.0. The lowest BCUT2D eigenvalue weighted by Gasteiger charge is -2.15. The lowest BCUT2D eigenvalue weighted by atomic mass is 10.1. The van der Waals surface area contributed by atoms with Crippen LogP contribution in [0.4, 0.5) is 26.3 Å². The highest BCUT2D eigenvalue weighted by atomic mass is 19.4. The lowest BCUT2D eigenvalue weighted by Crippen LogP contribution is -2.31. The van der Waals surface area contributed by atoms with E-state index in [0.717, 1.165) is 16.9 Å². The van der Waals surface area contributed by atoms with E-state index in [-0.39, 0.29) is 17.1 Å². The predicted octanol–water partition coefficient (Wildman–Crippen LogP) is 3.77. The number of aromatic nitrogens is 6. The Kier molecular flexibility index (Phi) is 5.62. The van der Waals surface area contributed by atoms with E-state index in [9.17, 15) is 31.1 Å². The van der Waals surface area contributed by atoms with E-state index in [1.165, 1.54) is 17.8 Å². The minimum Gasteiger partial charge on any atom is -0.341 e. The van der Waals surface area contributed by atoms with Crippen LogP contribution >= 0.6 is 0 Å². The molecule has 1 atom stereocenters. The molecular formula is C19H17F6N7O. The molecule has 0 saturated carbocycles. The molecule has 1 unspecified atom stereocenters. The number of nitrogens with one attached hydrogen (secondary N) is 1. The first kappa shape index (κ1) is 22.7. The zero-order valence-electron chi connectivity index (χ0n) is 17.1. The maximum Gasteiger partial charge on any atom is 0.435 e. The number of hydrogen-bond acceptors (Lipinski definition) is 5. The summed E-state index contributed by atoms with van der Waals surface area (Å²) in [6.45, 7) is 0.426. The highest BCUT2D eigenvalue weighted by Gasteiger charge is 2.36. The van der Waals surface area contributed by atoms with E-state index in [0.29, 0.717) is 37.7 Å². The largest absolute Gasteiger partial charge is 0.435 e. The number of halogens is 6. The first-order valence-electron chi connectivity index (χ1n) is 9.84. The van der Waals surface area contributed by atoms with E-state index in [1.807, 2.05) is 0 Å².